The molecule has 0 radical (unpaired) electrons. The second-order valence-electron chi connectivity index (χ2n) is 16.3. The van der Waals surface area contributed by atoms with Crippen LogP contribution < -0.4 is 16.0 Å². The quantitative estimate of drug-likeness (QED) is 0.0964. The van der Waals surface area contributed by atoms with Gasteiger partial charge in [0.1, 0.15) is 17.1 Å². The average molecular weight is 799 g/mol. The Kier molecular flexibility index (Phi) is 15.0. The number of urea groups is 1. The van der Waals surface area contributed by atoms with E-state index >= 15 is 0 Å². The first-order chi connectivity index (χ1) is 27.2. The van der Waals surface area contributed by atoms with E-state index in [4.69, 9.17) is 4.74 Å². The number of carbonyl (C=O) groups excluding carboxylic acids is 4. The van der Waals surface area contributed by atoms with Gasteiger partial charge in [0, 0.05) is 69.0 Å². The number of Topliss-reactive ketones (excluding diaryl/α,β-unsaturated/α-hetero) is 2. The zero-order chi connectivity index (χ0) is 41.3. The summed E-state index contributed by atoms with van der Waals surface area (Å²) >= 11 is 0. The van der Waals surface area contributed by atoms with Crippen molar-refractivity contribution in [1.82, 2.24) is 20.9 Å². The van der Waals surface area contributed by atoms with Crippen molar-refractivity contribution in [2.75, 3.05) is 26.3 Å². The molecule has 312 valence electrons. The Labute approximate surface area is 332 Å². The van der Waals surface area contributed by atoms with Crippen LogP contribution in [0.2, 0.25) is 0 Å². The third kappa shape index (κ3) is 11.0. The third-order valence-electron chi connectivity index (χ3n) is 12.6. The minimum atomic E-state index is -4.61. The van der Waals surface area contributed by atoms with E-state index in [0.717, 1.165) is 45.0 Å². The fourth-order valence-corrected chi connectivity index (χ4v) is 8.41. The Morgan fingerprint density at radius 3 is 2.35 bits per heavy atom. The lowest BCUT2D eigenvalue weighted by Gasteiger charge is -2.40. The van der Waals surface area contributed by atoms with Gasteiger partial charge in [-0.25, -0.2) is 9.18 Å². The van der Waals surface area contributed by atoms with Gasteiger partial charge in [-0.3, -0.25) is 14.4 Å². The van der Waals surface area contributed by atoms with Crippen molar-refractivity contribution in [2.24, 2.45) is 29.6 Å². The van der Waals surface area contributed by atoms with Crippen LogP contribution in [0.25, 0.3) is 10.9 Å². The van der Waals surface area contributed by atoms with Gasteiger partial charge < -0.3 is 25.7 Å². The number of aryl methyl sites for hydroxylation is 1. The van der Waals surface area contributed by atoms with Crippen LogP contribution >= 0.6 is 0 Å². The largest absolute Gasteiger partial charge is 0.418 e. The van der Waals surface area contributed by atoms with E-state index in [1.807, 2.05) is 27.7 Å². The minimum absolute atomic E-state index is 0.00332. The zero-order valence-corrected chi connectivity index (χ0v) is 33.6. The molecule has 1 aromatic heterocycles. The highest BCUT2D eigenvalue weighted by molar-refractivity contribution is 5.97. The topological polar surface area (TPSA) is 129 Å². The summed E-state index contributed by atoms with van der Waals surface area (Å²) in [6, 6.07) is 9.61. The van der Waals surface area contributed by atoms with Crippen LogP contribution in [0.1, 0.15) is 101 Å². The number of halogens is 4. The van der Waals surface area contributed by atoms with Gasteiger partial charge in [-0.15, -0.1) is 0 Å². The number of H-pyrrole nitrogens is 1. The minimum Gasteiger partial charge on any atom is -0.381 e. The maximum absolute atomic E-state index is 14.9. The van der Waals surface area contributed by atoms with E-state index in [9.17, 15) is 36.7 Å². The molecule has 5 rings (SSSR count). The van der Waals surface area contributed by atoms with E-state index in [-0.39, 0.29) is 91.5 Å². The standard InChI is InChI=1S/C44H58F4N4O5/c1-5-27(3)31(26-50-42(56)49-19-15-29-16-20-57-21-17-29)23-39(54)43(18-14-38-35(25-43)33-11-9-12-36(40(33)51-38)44(46,47)48)52-41(55)34(28(4)6-2)24-32(53)22-30-10-7-8-13-37(30)45/h7-13,27-29,31,34,51H,5-6,14-26H2,1-4H3,(H,52,55)(H2,49,50,56)/t27?,28?,31-,34+,43-/m1/s1. The molecule has 2 aliphatic rings. The molecule has 0 bridgehead atoms. The van der Waals surface area contributed by atoms with Gasteiger partial charge in [0.2, 0.25) is 5.91 Å². The van der Waals surface area contributed by atoms with Crippen molar-refractivity contribution in [3.8, 4) is 0 Å². The van der Waals surface area contributed by atoms with Gasteiger partial charge >= 0.3 is 12.2 Å². The number of hydrogen-bond acceptors (Lipinski definition) is 5. The maximum Gasteiger partial charge on any atom is 0.418 e. The van der Waals surface area contributed by atoms with Gasteiger partial charge in [-0.05, 0) is 79.0 Å². The normalized spacial score (nSPS) is 19.6. The van der Waals surface area contributed by atoms with Crippen LogP contribution in [0.5, 0.6) is 0 Å². The summed E-state index contributed by atoms with van der Waals surface area (Å²) in [4.78, 5) is 58.6. The number of alkyl halides is 3. The van der Waals surface area contributed by atoms with Crippen molar-refractivity contribution in [3.63, 3.8) is 0 Å². The lowest BCUT2D eigenvalue weighted by atomic mass is 9.72. The fourth-order valence-electron chi connectivity index (χ4n) is 8.41. The van der Waals surface area contributed by atoms with Crippen molar-refractivity contribution < 1.29 is 41.5 Å². The van der Waals surface area contributed by atoms with E-state index in [1.54, 1.807) is 12.1 Å². The fraction of sp³-hybridized carbons (Fsp3) is 0.591. The van der Waals surface area contributed by atoms with Gasteiger partial charge in [0.15, 0.2) is 5.78 Å². The summed E-state index contributed by atoms with van der Waals surface area (Å²) in [6.45, 7) is 9.94. The number of benzene rings is 2. The number of carbonyl (C=O) groups is 4. The van der Waals surface area contributed by atoms with Crippen LogP contribution in [0.15, 0.2) is 42.5 Å². The number of fused-ring (bicyclic) bond motifs is 3. The second-order valence-corrected chi connectivity index (χ2v) is 16.3. The predicted molar refractivity (Wildman–Crippen MR) is 211 cm³/mol. The first kappa shape index (κ1) is 43.9. The van der Waals surface area contributed by atoms with Crippen LogP contribution in [-0.4, -0.2) is 60.3 Å². The molecule has 1 saturated heterocycles. The molecular weight excluding hydrogens is 740 g/mol. The SMILES string of the molecule is CCC(C)[C@@H](CNC(=O)NCCC1CCOCC1)CC(=O)[C@@]1(NC(=O)[C@@H](CC(=O)Cc2ccccc2F)C(C)CC)CCc2[nH]c3c(C(F)(F)F)cccc3c2C1. The third-order valence-corrected chi connectivity index (χ3v) is 12.6. The van der Waals surface area contributed by atoms with Crippen LogP contribution in [0, 0.1) is 35.4 Å². The molecule has 2 heterocycles. The van der Waals surface area contributed by atoms with E-state index in [1.165, 1.54) is 24.3 Å². The number of aromatic amines is 1. The molecule has 3 aromatic rings. The van der Waals surface area contributed by atoms with E-state index in [0.29, 0.717) is 35.5 Å². The molecule has 2 unspecified atom stereocenters. The highest BCUT2D eigenvalue weighted by Crippen LogP contribution is 2.41. The summed E-state index contributed by atoms with van der Waals surface area (Å²) in [5, 5.41) is 9.31. The van der Waals surface area contributed by atoms with Crippen molar-refractivity contribution >= 4 is 34.4 Å². The van der Waals surface area contributed by atoms with Crippen molar-refractivity contribution in [1.29, 1.82) is 0 Å². The van der Waals surface area contributed by atoms with E-state index < -0.39 is 34.9 Å². The van der Waals surface area contributed by atoms with Gasteiger partial charge in [0.05, 0.1) is 11.1 Å². The van der Waals surface area contributed by atoms with Gasteiger partial charge in [-0.2, -0.15) is 13.2 Å². The highest BCUT2D eigenvalue weighted by Gasteiger charge is 2.46. The zero-order valence-electron chi connectivity index (χ0n) is 33.6. The first-order valence-electron chi connectivity index (χ1n) is 20.5. The molecule has 9 nitrogen and oxygen atoms in total. The summed E-state index contributed by atoms with van der Waals surface area (Å²) in [7, 11) is 0. The van der Waals surface area contributed by atoms with Crippen LogP contribution in [0.3, 0.4) is 0 Å². The summed E-state index contributed by atoms with van der Waals surface area (Å²) in [5.41, 5.74) is -1.03. The summed E-state index contributed by atoms with van der Waals surface area (Å²) in [6.07, 6.45) is -0.635. The van der Waals surface area contributed by atoms with Crippen molar-refractivity contribution in [2.45, 2.75) is 110 Å². The van der Waals surface area contributed by atoms with Crippen molar-refractivity contribution in [3.05, 3.63) is 70.7 Å². The Morgan fingerprint density at radius 2 is 1.67 bits per heavy atom. The number of hydrogen-bond donors (Lipinski definition) is 4. The molecule has 3 amide bonds. The van der Waals surface area contributed by atoms with Gasteiger partial charge in [0.25, 0.3) is 0 Å². The number of para-hydroxylation sites is 1. The molecule has 0 saturated carbocycles. The highest BCUT2D eigenvalue weighted by atomic mass is 19.4. The van der Waals surface area contributed by atoms with E-state index in [2.05, 4.69) is 20.9 Å². The molecule has 4 N–H and O–H groups in total. The monoisotopic (exact) mass is 798 g/mol. The number of rotatable bonds is 18. The summed E-state index contributed by atoms with van der Waals surface area (Å²) < 4.78 is 62.2. The number of ether oxygens (including phenoxy) is 1. The Bertz CT molecular complexity index is 1870. The number of ketones is 2. The molecule has 1 fully saturated rings. The molecule has 13 heteroatoms. The average Bonchev–Trinajstić information content (AvgIpc) is 3.56. The Balaban J connectivity index is 1.40. The number of nitrogens with one attached hydrogen (secondary N) is 4. The molecule has 0 spiro atoms. The summed E-state index contributed by atoms with van der Waals surface area (Å²) in [5.74, 6) is -2.52. The van der Waals surface area contributed by atoms with Crippen LogP contribution in [0.4, 0.5) is 22.4 Å². The number of amides is 3. The lowest BCUT2D eigenvalue weighted by molar-refractivity contribution is -0.137. The smallest absolute Gasteiger partial charge is 0.381 e. The molecule has 2 aromatic carbocycles. The number of aromatic nitrogens is 1. The lowest BCUT2D eigenvalue weighted by Crippen LogP contribution is -2.60. The molecule has 57 heavy (non-hydrogen) atoms. The van der Waals surface area contributed by atoms with Gasteiger partial charge in [-0.1, -0.05) is 70.9 Å². The maximum atomic E-state index is 14.9. The van der Waals surface area contributed by atoms with Crippen LogP contribution in [-0.2, 0) is 44.6 Å². The second kappa shape index (κ2) is 19.5. The first-order valence-corrected chi connectivity index (χ1v) is 20.5. The predicted octanol–water partition coefficient (Wildman–Crippen LogP) is 8.27. The molecule has 5 atom stereocenters. The molecular formula is C44H58F4N4O5. The Hall–Kier alpha value is -4.26. The Morgan fingerprint density at radius 1 is 0.947 bits per heavy atom. The molecule has 1 aliphatic carbocycles. The molecule has 1 aliphatic heterocycles.